The number of nitrogens with zero attached hydrogens (tertiary/aromatic N) is 3. The van der Waals surface area contributed by atoms with E-state index in [1.165, 1.54) is 18.4 Å². The molecule has 1 unspecified atom stereocenters. The zero-order chi connectivity index (χ0) is 38.6. The lowest BCUT2D eigenvalue weighted by Gasteiger charge is -2.33. The van der Waals surface area contributed by atoms with Crippen molar-refractivity contribution < 1.29 is 28.3 Å². The summed E-state index contributed by atoms with van der Waals surface area (Å²) in [6.45, 7) is 3.80. The summed E-state index contributed by atoms with van der Waals surface area (Å²) in [5, 5.41) is 13.6. The highest BCUT2D eigenvalue weighted by atomic mass is 16.5. The number of hydrogen-bond acceptors (Lipinski definition) is 8. The number of furan rings is 1. The Balaban J connectivity index is 0.743. The highest BCUT2D eigenvalue weighted by molar-refractivity contribution is 6.11. The number of imide groups is 1. The Bertz CT molecular complexity index is 2420. The van der Waals surface area contributed by atoms with E-state index in [4.69, 9.17) is 14.9 Å². The molecule has 2 atom stereocenters. The van der Waals surface area contributed by atoms with Crippen LogP contribution in [0.15, 0.2) is 89.7 Å². The molecule has 0 spiro atoms. The molecule has 4 N–H and O–H groups in total. The maximum Gasteiger partial charge on any atom is 0.257 e. The molecule has 0 saturated carbocycles. The monoisotopic (exact) mass is 754 g/mol. The number of hydrogen-bond donors (Lipinski definition) is 3. The van der Waals surface area contributed by atoms with Crippen LogP contribution in [-0.2, 0) is 14.4 Å². The van der Waals surface area contributed by atoms with Gasteiger partial charge in [-0.1, -0.05) is 43.2 Å². The first kappa shape index (κ1) is 36.9. The molecule has 2 aromatic heterocycles. The summed E-state index contributed by atoms with van der Waals surface area (Å²) >= 11 is 0. The number of carbonyl (C=O) groups excluding carboxylic acids is 4. The van der Waals surface area contributed by atoms with Crippen molar-refractivity contribution >= 4 is 56.3 Å². The molecule has 2 aliphatic rings. The number of aromatic nitrogens is 2. The molecule has 0 radical (unpaired) electrons. The summed E-state index contributed by atoms with van der Waals surface area (Å²) in [5.41, 5.74) is 10.3. The van der Waals surface area contributed by atoms with Gasteiger partial charge in [0.25, 0.3) is 11.8 Å². The quantitative estimate of drug-likeness (QED) is 0.0842. The van der Waals surface area contributed by atoms with Gasteiger partial charge in [-0.3, -0.25) is 24.5 Å². The number of likely N-dealkylation sites (tertiary alicyclic amines) is 1. The van der Waals surface area contributed by atoms with E-state index in [-0.39, 0.29) is 24.3 Å². The molecule has 8 rings (SSSR count). The minimum atomic E-state index is -0.479. The predicted octanol–water partition coefficient (Wildman–Crippen LogP) is 6.48. The van der Waals surface area contributed by atoms with Gasteiger partial charge in [0.15, 0.2) is 6.61 Å². The molecule has 0 aliphatic carbocycles. The number of primary amides is 1. The topological polar surface area (TPSA) is 162 Å². The lowest BCUT2D eigenvalue weighted by Crippen LogP contribution is -2.39. The van der Waals surface area contributed by atoms with Crippen molar-refractivity contribution in [3.05, 3.63) is 102 Å². The Morgan fingerprint density at radius 3 is 2.66 bits per heavy atom. The van der Waals surface area contributed by atoms with E-state index < -0.39 is 11.8 Å². The van der Waals surface area contributed by atoms with Gasteiger partial charge in [-0.25, -0.2) is 4.68 Å². The van der Waals surface area contributed by atoms with Gasteiger partial charge in [0.05, 0.1) is 23.4 Å². The third-order valence-corrected chi connectivity index (χ3v) is 11.2. The van der Waals surface area contributed by atoms with Crippen LogP contribution in [0.4, 0.5) is 0 Å². The Labute approximate surface area is 324 Å². The third-order valence-electron chi connectivity index (χ3n) is 11.2. The number of unbranched alkanes of at least 4 members (excludes halogenated alkanes) is 3. The average Bonchev–Trinajstić information content (AvgIpc) is 3.85. The van der Waals surface area contributed by atoms with Gasteiger partial charge in [-0.15, -0.1) is 0 Å². The van der Waals surface area contributed by atoms with Crippen LogP contribution in [0.5, 0.6) is 5.75 Å². The number of fused-ring (bicyclic) bond motifs is 4. The first-order valence-corrected chi connectivity index (χ1v) is 19.6. The number of amides is 4. The number of rotatable bonds is 14. The summed E-state index contributed by atoms with van der Waals surface area (Å²) < 4.78 is 13.4. The highest BCUT2D eigenvalue weighted by Crippen LogP contribution is 2.38. The van der Waals surface area contributed by atoms with Crippen LogP contribution in [0.2, 0.25) is 0 Å². The fourth-order valence-electron chi connectivity index (χ4n) is 8.25. The second-order valence-electron chi connectivity index (χ2n) is 15.0. The summed E-state index contributed by atoms with van der Waals surface area (Å²) in [4.78, 5) is 51.2. The van der Waals surface area contributed by atoms with Crippen molar-refractivity contribution in [2.75, 3.05) is 32.8 Å². The number of ether oxygens (including phenoxy) is 1. The van der Waals surface area contributed by atoms with E-state index in [0.29, 0.717) is 47.7 Å². The Hall–Kier alpha value is -6.01. The summed E-state index contributed by atoms with van der Waals surface area (Å²) in [6, 6.07) is 23.5. The number of nitrogens with one attached hydrogen (secondary N) is 2. The molecule has 4 aromatic carbocycles. The van der Waals surface area contributed by atoms with Crippen LogP contribution in [0.3, 0.4) is 0 Å². The molecule has 2 aliphatic heterocycles. The third kappa shape index (κ3) is 8.01. The van der Waals surface area contributed by atoms with Crippen LogP contribution in [0.25, 0.3) is 38.3 Å². The van der Waals surface area contributed by atoms with Gasteiger partial charge in [0, 0.05) is 42.0 Å². The van der Waals surface area contributed by atoms with E-state index in [9.17, 15) is 19.2 Å². The summed E-state index contributed by atoms with van der Waals surface area (Å²) in [6.07, 6.45) is 10.9. The second-order valence-corrected chi connectivity index (χ2v) is 15.0. The van der Waals surface area contributed by atoms with Gasteiger partial charge in [-0.2, -0.15) is 5.10 Å². The van der Waals surface area contributed by atoms with Crippen LogP contribution in [0.1, 0.15) is 84.7 Å². The lowest BCUT2D eigenvalue weighted by molar-refractivity contribution is -0.134. The van der Waals surface area contributed by atoms with Crippen molar-refractivity contribution in [1.82, 2.24) is 25.3 Å². The van der Waals surface area contributed by atoms with Crippen LogP contribution >= 0.6 is 0 Å². The van der Waals surface area contributed by atoms with Crippen molar-refractivity contribution in [3.63, 3.8) is 0 Å². The number of nitrogens with two attached hydrogens (primary N) is 1. The fraction of sp³-hybridized carbons (Fsp3) is 0.341. The number of benzene rings is 4. The molecule has 12 heteroatoms. The summed E-state index contributed by atoms with van der Waals surface area (Å²) in [7, 11) is 0. The highest BCUT2D eigenvalue weighted by Gasteiger charge is 2.31. The largest absolute Gasteiger partial charge is 0.484 e. The molecule has 56 heavy (non-hydrogen) atoms. The van der Waals surface area contributed by atoms with E-state index in [1.807, 2.05) is 53.3 Å². The Kier molecular flexibility index (Phi) is 10.8. The zero-order valence-electron chi connectivity index (χ0n) is 31.3. The van der Waals surface area contributed by atoms with E-state index in [2.05, 4.69) is 44.9 Å². The molecule has 12 nitrogen and oxygen atoms in total. The minimum Gasteiger partial charge on any atom is -0.484 e. The normalized spacial score (nSPS) is 17.7. The summed E-state index contributed by atoms with van der Waals surface area (Å²) in [5.74, 6) is -0.555. The molecule has 288 valence electrons. The zero-order valence-corrected chi connectivity index (χ0v) is 31.3. The van der Waals surface area contributed by atoms with Crippen LogP contribution in [0, 0.1) is 0 Å². The van der Waals surface area contributed by atoms with E-state index in [0.717, 1.165) is 78.1 Å². The molecule has 4 amide bonds. The molecule has 2 saturated heterocycles. The fourth-order valence-corrected chi connectivity index (χ4v) is 8.25. The molecule has 0 bridgehead atoms. The smallest absolute Gasteiger partial charge is 0.257 e. The van der Waals surface area contributed by atoms with Crippen LogP contribution in [-0.4, -0.2) is 71.1 Å². The van der Waals surface area contributed by atoms with Gasteiger partial charge in [0.2, 0.25) is 11.8 Å². The van der Waals surface area contributed by atoms with Gasteiger partial charge < -0.3 is 25.1 Å². The molecule has 2 fully saturated rings. The number of piperidine rings is 2. The maximum absolute atomic E-state index is 12.6. The number of carbonyl (C=O) groups is 4. The Morgan fingerprint density at radius 1 is 0.964 bits per heavy atom. The maximum atomic E-state index is 12.6. The lowest BCUT2D eigenvalue weighted by atomic mass is 9.89. The Morgan fingerprint density at radius 2 is 1.82 bits per heavy atom. The van der Waals surface area contributed by atoms with Crippen molar-refractivity contribution in [2.24, 2.45) is 5.73 Å². The van der Waals surface area contributed by atoms with Gasteiger partial charge in [-0.05, 0) is 110 Å². The van der Waals surface area contributed by atoms with Crippen LogP contribution < -0.4 is 21.1 Å². The average molecular weight is 755 g/mol. The second kappa shape index (κ2) is 16.4. The first-order chi connectivity index (χ1) is 27.3. The van der Waals surface area contributed by atoms with E-state index in [1.54, 1.807) is 12.3 Å². The molecular weight excluding hydrogens is 709 g/mol. The van der Waals surface area contributed by atoms with Gasteiger partial charge >= 0.3 is 0 Å². The van der Waals surface area contributed by atoms with Crippen molar-refractivity contribution in [1.29, 1.82) is 0 Å². The molecular formula is C44H46N6O6. The van der Waals surface area contributed by atoms with Gasteiger partial charge in [0.1, 0.15) is 16.8 Å². The standard InChI is InChI=1S/C44H46N6O6/c45-43(53)36-9-5-7-31-25-50(48-42(31)36)32-13-10-28(11-14-32)30-8-6-22-49(24-30)21-4-2-1-3-20-46-40(52)27-55-33-15-16-34-29(23-33)12-18-38-41(34)37(26-56-38)35-17-19-39(51)47-44(35)54/h5,7,9-16,18,23,25-26,30,35H,1-4,6,8,17,19-22,24,27H2,(H2,45,53)(H,46,52)(H,47,51,54)/t30-,35?/m1/s1. The van der Waals surface area contributed by atoms with Crippen molar-refractivity contribution in [3.8, 4) is 11.4 Å². The first-order valence-electron chi connectivity index (χ1n) is 19.6. The molecule has 4 heterocycles. The molecule has 6 aromatic rings. The minimum absolute atomic E-state index is 0.0715. The predicted molar refractivity (Wildman–Crippen MR) is 214 cm³/mol. The SMILES string of the molecule is NC(=O)c1cccc2cn(-c3ccc([C@@H]4CCCN(CCCCCCNC(=O)COc5ccc6c(ccc7occ(C8CCC(=O)NC8=O)c76)c5)C4)cc3)nc12. The van der Waals surface area contributed by atoms with Crippen molar-refractivity contribution in [2.45, 2.75) is 63.2 Å². The van der Waals surface area contributed by atoms with E-state index >= 15 is 0 Å².